The molecule has 3 aliphatic carbocycles. The van der Waals surface area contributed by atoms with Crippen LogP contribution in [-0.4, -0.2) is 53.0 Å². The van der Waals surface area contributed by atoms with Gasteiger partial charge in [-0.15, -0.1) is 0 Å². The van der Waals surface area contributed by atoms with E-state index in [4.69, 9.17) is 14.2 Å². The van der Waals surface area contributed by atoms with Crippen molar-refractivity contribution in [1.82, 2.24) is 0 Å². The maximum atomic E-state index is 13.0. The molecule has 4 fully saturated rings. The SMILES string of the molecule is COC(=O)C1(C)CCC[C@]2(C)C3CC[C@]4(C(C)C)OC(C)(C)O[C@@H]4C3(O)[C@H](CO)[C@@H]12. The first-order valence-corrected chi connectivity index (χ1v) is 11.6. The zero-order chi connectivity index (χ0) is 22.3. The van der Waals surface area contributed by atoms with Crippen LogP contribution in [0.5, 0.6) is 0 Å². The smallest absolute Gasteiger partial charge is 0.311 e. The maximum absolute atomic E-state index is 13.0. The number of ether oxygens (including phenoxy) is 3. The van der Waals surface area contributed by atoms with E-state index in [9.17, 15) is 15.0 Å². The van der Waals surface area contributed by atoms with Crippen LogP contribution in [0.25, 0.3) is 0 Å². The molecule has 4 aliphatic rings. The number of methoxy groups -OCH3 is 1. The first-order valence-electron chi connectivity index (χ1n) is 11.6. The Bertz CT molecular complexity index is 720. The van der Waals surface area contributed by atoms with Gasteiger partial charge in [-0.25, -0.2) is 0 Å². The highest BCUT2D eigenvalue weighted by atomic mass is 16.8. The number of hydrogen-bond acceptors (Lipinski definition) is 6. The average Bonchev–Trinajstić information content (AvgIpc) is 3.07. The average molecular weight is 425 g/mol. The second-order valence-electron chi connectivity index (χ2n) is 11.6. The highest BCUT2D eigenvalue weighted by molar-refractivity contribution is 5.77. The van der Waals surface area contributed by atoms with Crippen molar-refractivity contribution in [1.29, 1.82) is 0 Å². The van der Waals surface area contributed by atoms with Gasteiger partial charge in [0.2, 0.25) is 0 Å². The quantitative estimate of drug-likeness (QED) is 0.677. The number of aliphatic hydroxyl groups excluding tert-OH is 1. The summed E-state index contributed by atoms with van der Waals surface area (Å²) in [4.78, 5) is 13.0. The molecule has 0 radical (unpaired) electrons. The summed E-state index contributed by atoms with van der Waals surface area (Å²) in [6.07, 6.45) is 3.61. The predicted octanol–water partition coefficient (Wildman–Crippen LogP) is 3.28. The zero-order valence-electron chi connectivity index (χ0n) is 19.7. The standard InChI is InChI=1S/C24H40O6/c1-14(2)23-12-9-16-21(5)10-8-11-22(6,19(26)28-7)17(21)15(13-25)24(16,27)18(23)29-20(3,4)30-23/h14-18,25,27H,8-13H2,1-7H3/t15-,16?,17-,18+,21-,22?,23-,24?/m1/s1. The third-order valence-electron chi connectivity index (χ3n) is 9.51. The molecule has 6 heteroatoms. The number of carbonyl (C=O) groups excluding carboxylic acids is 1. The van der Waals surface area contributed by atoms with E-state index in [1.165, 1.54) is 7.11 Å². The van der Waals surface area contributed by atoms with Gasteiger partial charge in [0.15, 0.2) is 5.79 Å². The van der Waals surface area contributed by atoms with E-state index in [1.54, 1.807) is 0 Å². The van der Waals surface area contributed by atoms with Gasteiger partial charge in [-0.3, -0.25) is 4.79 Å². The zero-order valence-corrected chi connectivity index (χ0v) is 19.7. The Labute approximate surface area is 180 Å². The fourth-order valence-electron chi connectivity index (χ4n) is 8.54. The summed E-state index contributed by atoms with van der Waals surface area (Å²) in [5.74, 6) is -1.61. The Hall–Kier alpha value is -0.690. The van der Waals surface area contributed by atoms with Crippen molar-refractivity contribution >= 4 is 5.97 Å². The fourth-order valence-corrected chi connectivity index (χ4v) is 8.54. The van der Waals surface area contributed by atoms with Crippen LogP contribution in [0.3, 0.4) is 0 Å². The molecule has 0 amide bonds. The van der Waals surface area contributed by atoms with Crippen molar-refractivity contribution < 1.29 is 29.2 Å². The van der Waals surface area contributed by atoms with Crippen LogP contribution in [0.4, 0.5) is 0 Å². The molecule has 0 aromatic carbocycles. The van der Waals surface area contributed by atoms with Gasteiger partial charge in [0.1, 0.15) is 17.3 Å². The molecular formula is C24H40O6. The van der Waals surface area contributed by atoms with Crippen molar-refractivity contribution in [2.75, 3.05) is 13.7 Å². The normalized spacial score (nSPS) is 51.9. The first kappa shape index (κ1) is 22.5. The summed E-state index contributed by atoms with van der Waals surface area (Å²) in [5, 5.41) is 23.2. The Morgan fingerprint density at radius 2 is 1.83 bits per heavy atom. The topological polar surface area (TPSA) is 85.2 Å². The maximum Gasteiger partial charge on any atom is 0.311 e. The summed E-state index contributed by atoms with van der Waals surface area (Å²) in [5.41, 5.74) is -2.88. The van der Waals surface area contributed by atoms with Crippen molar-refractivity contribution in [3.8, 4) is 0 Å². The highest BCUT2D eigenvalue weighted by Gasteiger charge is 2.78. The van der Waals surface area contributed by atoms with Gasteiger partial charge in [-0.1, -0.05) is 27.2 Å². The Kier molecular flexibility index (Phi) is 4.99. The molecule has 1 saturated heterocycles. The molecule has 1 aliphatic heterocycles. The molecule has 4 rings (SSSR count). The number of rotatable bonds is 3. The van der Waals surface area contributed by atoms with Gasteiger partial charge in [0.05, 0.1) is 12.5 Å². The summed E-state index contributed by atoms with van der Waals surface area (Å²) in [7, 11) is 1.43. The second-order valence-corrected chi connectivity index (χ2v) is 11.6. The van der Waals surface area contributed by atoms with Crippen LogP contribution < -0.4 is 0 Å². The van der Waals surface area contributed by atoms with Crippen LogP contribution in [0, 0.1) is 34.5 Å². The lowest BCUT2D eigenvalue weighted by Gasteiger charge is -2.54. The number of carbonyl (C=O) groups is 1. The van der Waals surface area contributed by atoms with Crippen LogP contribution >= 0.6 is 0 Å². The number of esters is 1. The van der Waals surface area contributed by atoms with Crippen molar-refractivity contribution in [2.45, 2.75) is 96.7 Å². The summed E-state index contributed by atoms with van der Waals surface area (Å²) in [6.45, 7) is 12.1. The minimum Gasteiger partial charge on any atom is -0.469 e. The molecule has 0 bridgehead atoms. The molecular weight excluding hydrogens is 384 g/mol. The van der Waals surface area contributed by atoms with Gasteiger partial charge in [-0.2, -0.15) is 0 Å². The molecule has 0 aromatic heterocycles. The molecule has 172 valence electrons. The van der Waals surface area contributed by atoms with E-state index in [1.807, 2.05) is 20.8 Å². The molecule has 0 spiro atoms. The molecule has 1 heterocycles. The van der Waals surface area contributed by atoms with E-state index < -0.39 is 34.4 Å². The van der Waals surface area contributed by atoms with Gasteiger partial charge in [0, 0.05) is 12.5 Å². The number of aliphatic hydroxyl groups is 2. The fraction of sp³-hybridized carbons (Fsp3) is 0.958. The van der Waals surface area contributed by atoms with Crippen molar-refractivity contribution in [3.63, 3.8) is 0 Å². The number of hydrogen-bond donors (Lipinski definition) is 2. The van der Waals surface area contributed by atoms with Crippen LogP contribution in [0.1, 0.15) is 73.6 Å². The lowest BCUT2D eigenvalue weighted by molar-refractivity contribution is -0.208. The van der Waals surface area contributed by atoms with Crippen molar-refractivity contribution in [3.05, 3.63) is 0 Å². The lowest BCUT2D eigenvalue weighted by Crippen LogP contribution is -2.66. The first-order chi connectivity index (χ1) is 13.8. The largest absolute Gasteiger partial charge is 0.469 e. The van der Waals surface area contributed by atoms with Crippen LogP contribution in [-0.2, 0) is 19.0 Å². The third-order valence-corrected chi connectivity index (χ3v) is 9.51. The van der Waals surface area contributed by atoms with Crippen LogP contribution in [0.2, 0.25) is 0 Å². The van der Waals surface area contributed by atoms with Crippen molar-refractivity contribution in [2.24, 2.45) is 34.5 Å². The Morgan fingerprint density at radius 1 is 1.17 bits per heavy atom. The summed E-state index contributed by atoms with van der Waals surface area (Å²) in [6, 6.07) is 0. The minimum absolute atomic E-state index is 0.0641. The minimum atomic E-state index is -1.26. The Balaban J connectivity index is 1.89. The van der Waals surface area contributed by atoms with Crippen LogP contribution in [0.15, 0.2) is 0 Å². The molecule has 3 saturated carbocycles. The van der Waals surface area contributed by atoms with Gasteiger partial charge < -0.3 is 24.4 Å². The van der Waals surface area contributed by atoms with E-state index in [2.05, 4.69) is 20.8 Å². The predicted molar refractivity (Wildman–Crippen MR) is 111 cm³/mol. The second kappa shape index (κ2) is 6.66. The Morgan fingerprint density at radius 3 is 2.40 bits per heavy atom. The summed E-state index contributed by atoms with van der Waals surface area (Å²) >= 11 is 0. The summed E-state index contributed by atoms with van der Waals surface area (Å²) < 4.78 is 18.2. The molecule has 8 atom stereocenters. The monoisotopic (exact) mass is 424 g/mol. The molecule has 0 aromatic rings. The molecule has 30 heavy (non-hydrogen) atoms. The lowest BCUT2D eigenvalue weighted by atomic mass is 9.53. The van der Waals surface area contributed by atoms with E-state index in [0.717, 1.165) is 25.7 Å². The number of fused-ring (bicyclic) bond motifs is 5. The molecule has 3 unspecified atom stereocenters. The van der Waals surface area contributed by atoms with Gasteiger partial charge in [0.25, 0.3) is 0 Å². The third kappa shape index (κ3) is 2.54. The van der Waals surface area contributed by atoms with Gasteiger partial charge >= 0.3 is 5.97 Å². The van der Waals surface area contributed by atoms with E-state index in [0.29, 0.717) is 6.42 Å². The molecule has 2 N–H and O–H groups in total. The van der Waals surface area contributed by atoms with Gasteiger partial charge in [-0.05, 0) is 69.6 Å². The molecule has 6 nitrogen and oxygen atoms in total. The highest BCUT2D eigenvalue weighted by Crippen LogP contribution is 2.72. The van der Waals surface area contributed by atoms with E-state index in [-0.39, 0.29) is 35.7 Å². The van der Waals surface area contributed by atoms with E-state index >= 15 is 0 Å².